The standard InChI is InChI=1S/C23H25N3O3/c1-4-14-11-15-12-16(22-24-18-9-7-8-10-19(18)25-22)23(28)29-21(15)17(20(14)27)13-26(5-2)6-3/h7-12,27H,4-6,13H2,1-3H3,(H,24,25). The summed E-state index contributed by atoms with van der Waals surface area (Å²) in [6.45, 7) is 8.35. The van der Waals surface area contributed by atoms with E-state index in [-0.39, 0.29) is 5.75 Å². The summed E-state index contributed by atoms with van der Waals surface area (Å²) in [7, 11) is 0. The number of benzene rings is 2. The first kappa shape index (κ1) is 19.2. The second kappa shape index (κ2) is 7.72. The van der Waals surface area contributed by atoms with Gasteiger partial charge in [-0.3, -0.25) is 4.90 Å². The number of H-pyrrole nitrogens is 1. The normalized spacial score (nSPS) is 11.7. The highest BCUT2D eigenvalue weighted by molar-refractivity contribution is 5.87. The predicted molar refractivity (Wildman–Crippen MR) is 115 cm³/mol. The third kappa shape index (κ3) is 3.40. The first-order chi connectivity index (χ1) is 14.0. The van der Waals surface area contributed by atoms with E-state index in [0.29, 0.717) is 35.5 Å². The van der Waals surface area contributed by atoms with Crippen LogP contribution in [0.15, 0.2) is 45.6 Å². The summed E-state index contributed by atoms with van der Waals surface area (Å²) in [5.74, 6) is 0.699. The molecule has 0 fully saturated rings. The Hall–Kier alpha value is -3.12. The number of nitrogens with one attached hydrogen (secondary N) is 1. The van der Waals surface area contributed by atoms with Gasteiger partial charge in [-0.25, -0.2) is 9.78 Å². The third-order valence-electron chi connectivity index (χ3n) is 5.47. The van der Waals surface area contributed by atoms with E-state index in [2.05, 4.69) is 28.7 Å². The fourth-order valence-corrected chi connectivity index (χ4v) is 3.72. The number of phenols is 1. The molecule has 0 spiro atoms. The van der Waals surface area contributed by atoms with Gasteiger partial charge in [-0.05, 0) is 49.3 Å². The van der Waals surface area contributed by atoms with Gasteiger partial charge in [0.05, 0.1) is 16.6 Å². The first-order valence-corrected chi connectivity index (χ1v) is 10.0. The molecule has 6 nitrogen and oxygen atoms in total. The summed E-state index contributed by atoms with van der Waals surface area (Å²) in [6.07, 6.45) is 0.687. The molecular formula is C23H25N3O3. The Kier molecular flexibility index (Phi) is 5.11. The third-order valence-corrected chi connectivity index (χ3v) is 5.47. The van der Waals surface area contributed by atoms with Crippen LogP contribution in [0, 0.1) is 0 Å². The van der Waals surface area contributed by atoms with E-state index in [0.717, 1.165) is 35.1 Å². The number of hydrogen-bond donors (Lipinski definition) is 2. The summed E-state index contributed by atoms with van der Waals surface area (Å²) in [4.78, 5) is 22.7. The Morgan fingerprint density at radius 1 is 1.14 bits per heavy atom. The molecule has 0 atom stereocenters. The topological polar surface area (TPSA) is 82.4 Å². The lowest BCUT2D eigenvalue weighted by Gasteiger charge is -2.20. The predicted octanol–water partition coefficient (Wildman–Crippen LogP) is 4.45. The van der Waals surface area contributed by atoms with Crippen molar-refractivity contribution in [1.82, 2.24) is 14.9 Å². The summed E-state index contributed by atoms with van der Waals surface area (Å²) in [6, 6.07) is 11.3. The number of para-hydroxylation sites is 2. The number of aromatic hydroxyl groups is 1. The van der Waals surface area contributed by atoms with Crippen LogP contribution in [0.4, 0.5) is 0 Å². The van der Waals surface area contributed by atoms with Crippen molar-refractivity contribution in [2.45, 2.75) is 33.7 Å². The number of imidazole rings is 1. The molecule has 0 radical (unpaired) electrons. The van der Waals surface area contributed by atoms with E-state index in [9.17, 15) is 9.90 Å². The second-order valence-electron chi connectivity index (χ2n) is 7.15. The summed E-state index contributed by atoms with van der Waals surface area (Å²) in [5.41, 5.74) is 3.52. The average molecular weight is 391 g/mol. The molecule has 2 heterocycles. The number of aryl methyl sites for hydroxylation is 1. The van der Waals surface area contributed by atoms with Gasteiger partial charge in [-0.2, -0.15) is 0 Å². The van der Waals surface area contributed by atoms with Gasteiger partial charge in [0.25, 0.3) is 0 Å². The maximum absolute atomic E-state index is 12.8. The zero-order valence-corrected chi connectivity index (χ0v) is 17.0. The molecule has 4 rings (SSSR count). The number of aromatic nitrogens is 2. The number of phenolic OH excluding ortho intramolecular Hbond substituents is 1. The highest BCUT2D eigenvalue weighted by Crippen LogP contribution is 2.33. The quantitative estimate of drug-likeness (QED) is 0.475. The number of fused-ring (bicyclic) bond motifs is 2. The van der Waals surface area contributed by atoms with Crippen molar-refractivity contribution in [2.24, 2.45) is 0 Å². The van der Waals surface area contributed by atoms with Gasteiger partial charge >= 0.3 is 5.63 Å². The summed E-state index contributed by atoms with van der Waals surface area (Å²) in [5, 5.41) is 11.6. The average Bonchev–Trinajstić information content (AvgIpc) is 3.17. The van der Waals surface area contributed by atoms with Crippen molar-refractivity contribution in [3.8, 4) is 17.1 Å². The lowest BCUT2D eigenvalue weighted by atomic mass is 10.0. The molecule has 0 bridgehead atoms. The molecule has 29 heavy (non-hydrogen) atoms. The lowest BCUT2D eigenvalue weighted by Crippen LogP contribution is -2.22. The molecule has 2 aromatic heterocycles. The summed E-state index contributed by atoms with van der Waals surface area (Å²) < 4.78 is 5.74. The van der Waals surface area contributed by atoms with Crippen LogP contribution < -0.4 is 5.63 Å². The van der Waals surface area contributed by atoms with E-state index < -0.39 is 5.63 Å². The molecule has 2 N–H and O–H groups in total. The van der Waals surface area contributed by atoms with Crippen molar-refractivity contribution < 1.29 is 9.52 Å². The molecule has 6 heteroatoms. The van der Waals surface area contributed by atoms with Crippen LogP contribution in [0.3, 0.4) is 0 Å². The van der Waals surface area contributed by atoms with Crippen molar-refractivity contribution in [1.29, 1.82) is 0 Å². The molecule has 150 valence electrons. The Labute approximate surface area is 168 Å². The Morgan fingerprint density at radius 3 is 2.59 bits per heavy atom. The lowest BCUT2D eigenvalue weighted by molar-refractivity contribution is 0.290. The van der Waals surface area contributed by atoms with E-state index >= 15 is 0 Å². The smallest absolute Gasteiger partial charge is 0.347 e. The number of hydrogen-bond acceptors (Lipinski definition) is 5. The van der Waals surface area contributed by atoms with Gasteiger partial charge < -0.3 is 14.5 Å². The largest absolute Gasteiger partial charge is 0.507 e. The zero-order valence-electron chi connectivity index (χ0n) is 17.0. The van der Waals surface area contributed by atoms with Gasteiger partial charge in [-0.1, -0.05) is 32.9 Å². The molecule has 0 aliphatic heterocycles. The van der Waals surface area contributed by atoms with Crippen molar-refractivity contribution >= 4 is 22.0 Å². The van der Waals surface area contributed by atoms with E-state index in [1.807, 2.05) is 43.3 Å². The molecular weight excluding hydrogens is 366 g/mol. The van der Waals surface area contributed by atoms with Crippen LogP contribution in [0.1, 0.15) is 31.9 Å². The van der Waals surface area contributed by atoms with Crippen LogP contribution in [-0.2, 0) is 13.0 Å². The maximum Gasteiger partial charge on any atom is 0.347 e. The van der Waals surface area contributed by atoms with Crippen LogP contribution in [0.2, 0.25) is 0 Å². The van der Waals surface area contributed by atoms with Crippen molar-refractivity contribution in [3.63, 3.8) is 0 Å². The van der Waals surface area contributed by atoms with Gasteiger partial charge in [0.15, 0.2) is 0 Å². The number of aromatic amines is 1. The fourth-order valence-electron chi connectivity index (χ4n) is 3.72. The molecule has 0 saturated carbocycles. The Bertz CT molecular complexity index is 1200. The molecule has 0 unspecified atom stereocenters. The molecule has 4 aromatic rings. The molecule has 0 saturated heterocycles. The van der Waals surface area contributed by atoms with Gasteiger partial charge in [0, 0.05) is 11.9 Å². The SMILES string of the molecule is CCc1cc2cc(-c3nc4ccccc4[nH]3)c(=O)oc2c(CN(CC)CC)c1O. The highest BCUT2D eigenvalue weighted by atomic mass is 16.4. The molecule has 0 aliphatic carbocycles. The van der Waals surface area contributed by atoms with Gasteiger partial charge in [0.2, 0.25) is 0 Å². The molecule has 2 aromatic carbocycles. The Morgan fingerprint density at radius 2 is 1.90 bits per heavy atom. The van der Waals surface area contributed by atoms with Crippen LogP contribution in [-0.4, -0.2) is 33.1 Å². The summed E-state index contributed by atoms with van der Waals surface area (Å²) >= 11 is 0. The van der Waals surface area contributed by atoms with E-state index in [4.69, 9.17) is 4.42 Å². The van der Waals surface area contributed by atoms with Gasteiger partial charge in [0.1, 0.15) is 22.7 Å². The van der Waals surface area contributed by atoms with E-state index in [1.54, 1.807) is 0 Å². The molecule has 0 aliphatic rings. The van der Waals surface area contributed by atoms with Crippen LogP contribution in [0.5, 0.6) is 5.75 Å². The minimum absolute atomic E-state index is 0.214. The monoisotopic (exact) mass is 391 g/mol. The minimum atomic E-state index is -0.471. The van der Waals surface area contributed by atoms with Crippen molar-refractivity contribution in [3.05, 3.63) is 57.9 Å². The minimum Gasteiger partial charge on any atom is -0.507 e. The van der Waals surface area contributed by atoms with Crippen molar-refractivity contribution in [2.75, 3.05) is 13.1 Å². The first-order valence-electron chi connectivity index (χ1n) is 10.0. The van der Waals surface area contributed by atoms with E-state index in [1.165, 1.54) is 0 Å². The fraction of sp³-hybridized carbons (Fsp3) is 0.304. The van der Waals surface area contributed by atoms with Gasteiger partial charge in [-0.15, -0.1) is 0 Å². The molecule has 0 amide bonds. The number of rotatable bonds is 6. The number of nitrogens with zero attached hydrogens (tertiary/aromatic N) is 2. The van der Waals surface area contributed by atoms with Crippen LogP contribution >= 0.6 is 0 Å². The highest BCUT2D eigenvalue weighted by Gasteiger charge is 2.19. The van der Waals surface area contributed by atoms with Crippen LogP contribution in [0.25, 0.3) is 33.4 Å². The Balaban J connectivity index is 1.93. The zero-order chi connectivity index (χ0) is 20.5. The maximum atomic E-state index is 12.8. The second-order valence-corrected chi connectivity index (χ2v) is 7.15.